The molecule has 5 nitrogen and oxygen atoms in total. The average molecular weight is 434 g/mol. The van der Waals surface area contributed by atoms with Crippen LogP contribution in [-0.2, 0) is 24.1 Å². The smallest absolute Gasteiger partial charge is 0.167 e. The molecule has 33 heavy (non-hydrogen) atoms. The molecular formula is C28H23N3O2. The Morgan fingerprint density at radius 1 is 0.848 bits per heavy atom. The lowest BCUT2D eigenvalue weighted by Crippen LogP contribution is -2.05. The third kappa shape index (κ3) is 5.92. The van der Waals surface area contributed by atoms with Crippen molar-refractivity contribution in [2.75, 3.05) is 0 Å². The molecule has 0 bridgehead atoms. The minimum Gasteiger partial charge on any atom is -0.295 e. The number of carbonyl (C=O) groups excluding carboxylic acids is 2. The van der Waals surface area contributed by atoms with Crippen molar-refractivity contribution in [2.45, 2.75) is 19.3 Å². The van der Waals surface area contributed by atoms with Crippen LogP contribution in [0.3, 0.4) is 0 Å². The highest BCUT2D eigenvalue weighted by Gasteiger charge is 2.10. The van der Waals surface area contributed by atoms with Gasteiger partial charge in [0, 0.05) is 49.0 Å². The van der Waals surface area contributed by atoms with Gasteiger partial charge in [-0.1, -0.05) is 55.1 Å². The fraction of sp³-hybridized carbons (Fsp3) is 0.107. The lowest BCUT2D eigenvalue weighted by Gasteiger charge is -2.07. The Morgan fingerprint density at radius 3 is 2.42 bits per heavy atom. The van der Waals surface area contributed by atoms with Crippen LogP contribution in [0.15, 0.2) is 98.0 Å². The summed E-state index contributed by atoms with van der Waals surface area (Å²) in [6.07, 6.45) is 7.75. The molecule has 0 amide bonds. The van der Waals surface area contributed by atoms with Gasteiger partial charge in [-0.25, -0.2) is 9.97 Å². The minimum atomic E-state index is -0.0409. The summed E-state index contributed by atoms with van der Waals surface area (Å²) in [5.74, 6) is 0.703. The zero-order valence-electron chi connectivity index (χ0n) is 18.1. The summed E-state index contributed by atoms with van der Waals surface area (Å²) in [5.41, 5.74) is 5.25. The van der Waals surface area contributed by atoms with E-state index in [0.29, 0.717) is 30.7 Å². The van der Waals surface area contributed by atoms with Gasteiger partial charge in [0.05, 0.1) is 5.69 Å². The van der Waals surface area contributed by atoms with Crippen molar-refractivity contribution < 1.29 is 9.59 Å². The fourth-order valence-electron chi connectivity index (χ4n) is 3.56. The Kier molecular flexibility index (Phi) is 6.90. The van der Waals surface area contributed by atoms with Gasteiger partial charge < -0.3 is 0 Å². The molecule has 2 aromatic carbocycles. The summed E-state index contributed by atoms with van der Waals surface area (Å²) in [5, 5.41) is 0. The molecule has 0 atom stereocenters. The van der Waals surface area contributed by atoms with Crippen LogP contribution < -0.4 is 0 Å². The lowest BCUT2D eigenvalue weighted by atomic mass is 9.99. The van der Waals surface area contributed by atoms with Gasteiger partial charge in [-0.3, -0.25) is 14.6 Å². The maximum absolute atomic E-state index is 12.8. The summed E-state index contributed by atoms with van der Waals surface area (Å²) < 4.78 is 0. The van der Waals surface area contributed by atoms with E-state index in [4.69, 9.17) is 0 Å². The minimum absolute atomic E-state index is 0.0311. The van der Waals surface area contributed by atoms with Crippen molar-refractivity contribution in [1.29, 1.82) is 0 Å². The predicted molar refractivity (Wildman–Crippen MR) is 128 cm³/mol. The van der Waals surface area contributed by atoms with Crippen molar-refractivity contribution in [3.05, 3.63) is 126 Å². The van der Waals surface area contributed by atoms with E-state index < -0.39 is 0 Å². The first-order chi connectivity index (χ1) is 16.1. The first kappa shape index (κ1) is 22.0. The van der Waals surface area contributed by atoms with Gasteiger partial charge >= 0.3 is 0 Å². The molecule has 4 rings (SSSR count). The number of hydrogen-bond donors (Lipinski definition) is 0. The zero-order valence-corrected chi connectivity index (χ0v) is 18.1. The molecule has 2 aromatic heterocycles. The van der Waals surface area contributed by atoms with Crippen LogP contribution in [0.25, 0.3) is 11.3 Å². The number of benzene rings is 2. The molecule has 4 aromatic rings. The number of rotatable bonds is 9. The van der Waals surface area contributed by atoms with Crippen molar-refractivity contribution in [1.82, 2.24) is 15.0 Å². The van der Waals surface area contributed by atoms with Crippen molar-refractivity contribution >= 4 is 11.6 Å². The van der Waals surface area contributed by atoms with Crippen LogP contribution >= 0.6 is 0 Å². The second-order valence-electron chi connectivity index (χ2n) is 7.74. The first-order valence-corrected chi connectivity index (χ1v) is 10.7. The number of nitrogens with zero attached hydrogens (tertiary/aromatic N) is 3. The van der Waals surface area contributed by atoms with Crippen molar-refractivity contribution in [2.24, 2.45) is 0 Å². The van der Waals surface area contributed by atoms with E-state index in [2.05, 4.69) is 21.5 Å². The highest BCUT2D eigenvalue weighted by Crippen LogP contribution is 2.17. The molecule has 5 heteroatoms. The molecular weight excluding hydrogens is 410 g/mol. The number of Topliss-reactive ketones (excluding diaryl/α,β-unsaturated/α-hetero) is 1. The third-order valence-corrected chi connectivity index (χ3v) is 5.26. The molecule has 0 saturated carbocycles. The predicted octanol–water partition coefficient (Wildman–Crippen LogP) is 4.85. The quantitative estimate of drug-likeness (QED) is 0.279. The molecule has 0 aliphatic rings. The van der Waals surface area contributed by atoms with E-state index in [9.17, 15) is 9.59 Å². The molecule has 0 N–H and O–H groups in total. The molecule has 0 saturated heterocycles. The lowest BCUT2D eigenvalue weighted by molar-refractivity contribution is -0.114. The highest BCUT2D eigenvalue weighted by molar-refractivity contribution is 5.97. The fourth-order valence-corrected chi connectivity index (χ4v) is 3.56. The van der Waals surface area contributed by atoms with Crippen LogP contribution in [0.2, 0.25) is 0 Å². The van der Waals surface area contributed by atoms with E-state index in [1.54, 1.807) is 30.7 Å². The van der Waals surface area contributed by atoms with Gasteiger partial charge in [0.15, 0.2) is 11.6 Å². The van der Waals surface area contributed by atoms with E-state index >= 15 is 0 Å². The first-order valence-electron chi connectivity index (χ1n) is 10.7. The molecule has 2 heterocycles. The zero-order chi connectivity index (χ0) is 23.0. The summed E-state index contributed by atoms with van der Waals surface area (Å²) in [4.78, 5) is 37.5. The number of hydrogen-bond acceptors (Lipinski definition) is 5. The van der Waals surface area contributed by atoms with Crippen molar-refractivity contribution in [3.63, 3.8) is 0 Å². The van der Waals surface area contributed by atoms with Crippen LogP contribution in [0.1, 0.15) is 32.9 Å². The SMILES string of the molecule is C=CC(=O)Cc1ccc(C(=O)Cc2cccc(Cc3nccc(-c4cccnc4)n3)c2)cc1. The van der Waals surface area contributed by atoms with Gasteiger partial charge in [0.2, 0.25) is 0 Å². The largest absolute Gasteiger partial charge is 0.295 e. The van der Waals surface area contributed by atoms with E-state index in [1.165, 1.54) is 6.08 Å². The van der Waals surface area contributed by atoms with E-state index in [0.717, 1.165) is 27.9 Å². The van der Waals surface area contributed by atoms with Gasteiger partial charge in [-0.15, -0.1) is 0 Å². The third-order valence-electron chi connectivity index (χ3n) is 5.26. The molecule has 0 aliphatic carbocycles. The van der Waals surface area contributed by atoms with Crippen LogP contribution in [-0.4, -0.2) is 26.5 Å². The summed E-state index contributed by atoms with van der Waals surface area (Å²) in [7, 11) is 0. The molecule has 162 valence electrons. The van der Waals surface area contributed by atoms with E-state index in [1.807, 2.05) is 54.6 Å². The number of allylic oxidation sites excluding steroid dienone is 1. The Hall–Kier alpha value is -4.25. The maximum atomic E-state index is 12.8. The number of carbonyl (C=O) groups is 2. The number of pyridine rings is 1. The average Bonchev–Trinajstić information content (AvgIpc) is 2.85. The van der Waals surface area contributed by atoms with Gasteiger partial charge in [0.25, 0.3) is 0 Å². The Bertz CT molecular complexity index is 1280. The molecule has 0 spiro atoms. The summed E-state index contributed by atoms with van der Waals surface area (Å²) >= 11 is 0. The van der Waals surface area contributed by atoms with Gasteiger partial charge in [0.1, 0.15) is 5.82 Å². The Balaban J connectivity index is 1.43. The van der Waals surface area contributed by atoms with Crippen LogP contribution in [0, 0.1) is 0 Å². The van der Waals surface area contributed by atoms with Crippen LogP contribution in [0.4, 0.5) is 0 Å². The number of aromatic nitrogens is 3. The second-order valence-corrected chi connectivity index (χ2v) is 7.74. The standard InChI is InChI=1S/C28H23N3O2/c1-2-25(32)16-20-8-10-23(11-9-20)27(33)17-21-5-3-6-22(15-21)18-28-30-14-12-26(31-28)24-7-4-13-29-19-24/h2-15,19H,1,16-18H2. The highest BCUT2D eigenvalue weighted by atomic mass is 16.1. The molecule has 0 unspecified atom stereocenters. The van der Waals surface area contributed by atoms with Gasteiger partial charge in [-0.2, -0.15) is 0 Å². The number of ketones is 2. The summed E-state index contributed by atoms with van der Waals surface area (Å²) in [6.45, 7) is 3.49. The Labute approximate surface area is 192 Å². The molecule has 0 radical (unpaired) electrons. The maximum Gasteiger partial charge on any atom is 0.167 e. The van der Waals surface area contributed by atoms with Gasteiger partial charge in [-0.05, 0) is 41.0 Å². The van der Waals surface area contributed by atoms with Crippen LogP contribution in [0.5, 0.6) is 0 Å². The Morgan fingerprint density at radius 2 is 1.67 bits per heavy atom. The van der Waals surface area contributed by atoms with E-state index in [-0.39, 0.29) is 11.6 Å². The molecule has 0 fully saturated rings. The normalized spacial score (nSPS) is 10.5. The van der Waals surface area contributed by atoms with Crippen molar-refractivity contribution in [3.8, 4) is 11.3 Å². The second kappa shape index (κ2) is 10.4. The summed E-state index contributed by atoms with van der Waals surface area (Å²) in [6, 6.07) is 20.8. The molecule has 0 aliphatic heterocycles. The monoisotopic (exact) mass is 433 g/mol. The topological polar surface area (TPSA) is 72.8 Å².